The Balaban J connectivity index is 2.17. The van der Waals surface area contributed by atoms with Gasteiger partial charge in [-0.3, -0.25) is 4.90 Å². The van der Waals surface area contributed by atoms with Crippen LogP contribution in [0.5, 0.6) is 0 Å². The summed E-state index contributed by atoms with van der Waals surface area (Å²) in [5.74, 6) is -1.04. The number of benzene rings is 1. The molecule has 1 aromatic rings. The van der Waals surface area contributed by atoms with Crippen LogP contribution in [0.4, 0.5) is 23.2 Å². The first-order valence-electron chi connectivity index (χ1n) is 7.79. The Kier molecular flexibility index (Phi) is 5.95. The summed E-state index contributed by atoms with van der Waals surface area (Å²) in [5, 5.41) is 2.77. The van der Waals surface area contributed by atoms with Gasteiger partial charge in [-0.25, -0.2) is 12.8 Å². The summed E-state index contributed by atoms with van der Waals surface area (Å²) >= 11 is 0. The van der Waals surface area contributed by atoms with Crippen LogP contribution >= 0.6 is 0 Å². The lowest BCUT2D eigenvalue weighted by Crippen LogP contribution is -2.47. The molecule has 1 aliphatic heterocycles. The lowest BCUT2D eigenvalue weighted by molar-refractivity contribution is -0.0435. The van der Waals surface area contributed by atoms with Crippen molar-refractivity contribution in [1.82, 2.24) is 9.80 Å². The second-order valence-electron chi connectivity index (χ2n) is 6.24. The van der Waals surface area contributed by atoms with Gasteiger partial charge in [0.05, 0.1) is 5.69 Å². The van der Waals surface area contributed by atoms with Crippen molar-refractivity contribution in [3.63, 3.8) is 0 Å². The molecule has 2 rings (SSSR count). The van der Waals surface area contributed by atoms with Crippen LogP contribution in [0.25, 0.3) is 0 Å². The monoisotopic (exact) mass is 383 g/mol. The second kappa shape index (κ2) is 7.46. The number of hydrogen-bond acceptors (Lipinski definition) is 5. The molecule has 0 aliphatic carbocycles. The van der Waals surface area contributed by atoms with Gasteiger partial charge in [0.25, 0.3) is 9.84 Å². The van der Waals surface area contributed by atoms with Crippen LogP contribution in [0, 0.1) is 5.82 Å². The fourth-order valence-corrected chi connectivity index (χ4v) is 3.62. The molecular weight excluding hydrogens is 362 g/mol. The predicted octanol–water partition coefficient (Wildman–Crippen LogP) is 2.17. The van der Waals surface area contributed by atoms with Gasteiger partial charge in [0, 0.05) is 38.8 Å². The highest BCUT2D eigenvalue weighted by Crippen LogP contribution is 2.35. The predicted molar refractivity (Wildman–Crippen MR) is 86.7 cm³/mol. The van der Waals surface area contributed by atoms with Gasteiger partial charge in [-0.2, -0.15) is 13.2 Å². The van der Waals surface area contributed by atoms with Crippen molar-refractivity contribution < 1.29 is 26.0 Å². The van der Waals surface area contributed by atoms with Gasteiger partial charge in [-0.1, -0.05) is 0 Å². The van der Waals surface area contributed by atoms with Gasteiger partial charge in [0.15, 0.2) is 0 Å². The van der Waals surface area contributed by atoms with Crippen molar-refractivity contribution in [2.45, 2.75) is 23.4 Å². The zero-order valence-electron chi connectivity index (χ0n) is 14.0. The Morgan fingerprint density at radius 1 is 1.20 bits per heavy atom. The molecule has 10 heteroatoms. The molecule has 1 aliphatic rings. The number of hydrogen-bond donors (Lipinski definition) is 1. The Hall–Kier alpha value is -1.39. The van der Waals surface area contributed by atoms with E-state index in [-0.39, 0.29) is 11.7 Å². The molecule has 1 unspecified atom stereocenters. The minimum atomic E-state index is -5.64. The molecule has 0 aromatic heterocycles. The highest BCUT2D eigenvalue weighted by molar-refractivity contribution is 7.92. The minimum Gasteiger partial charge on any atom is -0.380 e. The summed E-state index contributed by atoms with van der Waals surface area (Å²) in [4.78, 5) is 3.21. The van der Waals surface area contributed by atoms with Crippen LogP contribution in [-0.2, 0) is 9.84 Å². The second-order valence-corrected chi connectivity index (χ2v) is 8.15. The fraction of sp³-hybridized carbons (Fsp3) is 0.600. The number of likely N-dealkylation sites (N-methyl/N-ethyl adjacent to an activating group) is 1. The van der Waals surface area contributed by atoms with Gasteiger partial charge in [-0.15, -0.1) is 0 Å². The van der Waals surface area contributed by atoms with Gasteiger partial charge >= 0.3 is 5.51 Å². The smallest absolute Gasteiger partial charge is 0.380 e. The van der Waals surface area contributed by atoms with E-state index in [4.69, 9.17) is 0 Å². The van der Waals surface area contributed by atoms with Crippen molar-refractivity contribution in [2.75, 3.05) is 45.1 Å². The van der Waals surface area contributed by atoms with Gasteiger partial charge in [-0.05, 0) is 32.2 Å². The molecule has 1 saturated heterocycles. The summed E-state index contributed by atoms with van der Waals surface area (Å²) in [7, 11) is -3.63. The Morgan fingerprint density at radius 3 is 2.36 bits per heavy atom. The van der Waals surface area contributed by atoms with E-state index < -0.39 is 26.1 Å². The van der Waals surface area contributed by atoms with Crippen molar-refractivity contribution in [3.8, 4) is 0 Å². The molecule has 1 aromatic carbocycles. The highest BCUT2D eigenvalue weighted by atomic mass is 32.2. The molecule has 1 N–H and O–H groups in total. The number of rotatable bonds is 5. The van der Waals surface area contributed by atoms with Gasteiger partial charge in [0.1, 0.15) is 10.7 Å². The summed E-state index contributed by atoms with van der Waals surface area (Å²) in [6.07, 6.45) is 0. The van der Waals surface area contributed by atoms with E-state index in [1.807, 2.05) is 7.05 Å². The SMILES string of the molecule is CC(CN1CCN(C)CC1)Nc1ccc(F)cc1S(=O)(=O)C(F)(F)F. The largest absolute Gasteiger partial charge is 0.501 e. The van der Waals surface area contributed by atoms with Crippen molar-refractivity contribution in [3.05, 3.63) is 24.0 Å². The average Bonchev–Trinajstić information content (AvgIpc) is 2.50. The third kappa shape index (κ3) is 4.83. The first-order chi connectivity index (χ1) is 11.5. The molecule has 142 valence electrons. The Morgan fingerprint density at radius 2 is 1.80 bits per heavy atom. The number of alkyl halides is 3. The molecule has 1 atom stereocenters. The van der Waals surface area contributed by atoms with Gasteiger partial charge in [0.2, 0.25) is 0 Å². The zero-order valence-corrected chi connectivity index (χ0v) is 14.8. The molecule has 0 saturated carbocycles. The maximum absolute atomic E-state index is 13.3. The summed E-state index contributed by atoms with van der Waals surface area (Å²) < 4.78 is 75.2. The lowest BCUT2D eigenvalue weighted by atomic mass is 10.2. The molecule has 0 spiro atoms. The normalized spacial score (nSPS) is 19.0. The van der Waals surface area contributed by atoms with Crippen LogP contribution in [0.2, 0.25) is 0 Å². The third-order valence-corrected chi connectivity index (χ3v) is 5.59. The summed E-state index contributed by atoms with van der Waals surface area (Å²) in [6.45, 7) is 5.69. The van der Waals surface area contributed by atoms with E-state index in [0.29, 0.717) is 12.6 Å². The first-order valence-corrected chi connectivity index (χ1v) is 9.27. The number of sulfone groups is 1. The number of nitrogens with one attached hydrogen (secondary N) is 1. The van der Waals surface area contributed by atoms with Crippen LogP contribution in [0.1, 0.15) is 6.92 Å². The Bertz CT molecular complexity index is 701. The zero-order chi connectivity index (χ0) is 18.8. The van der Waals surface area contributed by atoms with E-state index in [1.165, 1.54) is 0 Å². The number of anilines is 1. The molecular formula is C15H21F4N3O2S. The van der Waals surface area contributed by atoms with Crippen LogP contribution < -0.4 is 5.32 Å². The molecule has 1 fully saturated rings. The lowest BCUT2D eigenvalue weighted by Gasteiger charge is -2.34. The highest BCUT2D eigenvalue weighted by Gasteiger charge is 2.48. The number of nitrogens with zero attached hydrogens (tertiary/aromatic N) is 2. The molecule has 5 nitrogen and oxygen atoms in total. The van der Waals surface area contributed by atoms with E-state index in [0.717, 1.165) is 38.3 Å². The van der Waals surface area contributed by atoms with Gasteiger partial charge < -0.3 is 10.2 Å². The molecule has 0 amide bonds. The average molecular weight is 383 g/mol. The van der Waals surface area contributed by atoms with Crippen LogP contribution in [0.3, 0.4) is 0 Å². The number of piperazine rings is 1. The van der Waals surface area contributed by atoms with Crippen molar-refractivity contribution >= 4 is 15.5 Å². The first kappa shape index (κ1) is 19.9. The van der Waals surface area contributed by atoms with Crippen LogP contribution in [-0.4, -0.2) is 69.5 Å². The topological polar surface area (TPSA) is 52.6 Å². The summed E-state index contributed by atoms with van der Waals surface area (Å²) in [5.41, 5.74) is -5.74. The van der Waals surface area contributed by atoms with Crippen molar-refractivity contribution in [1.29, 1.82) is 0 Å². The van der Waals surface area contributed by atoms with E-state index in [2.05, 4.69) is 15.1 Å². The maximum atomic E-state index is 13.3. The Labute approximate surface area is 144 Å². The summed E-state index contributed by atoms with van der Waals surface area (Å²) in [6, 6.07) is 2.04. The van der Waals surface area contributed by atoms with E-state index >= 15 is 0 Å². The van der Waals surface area contributed by atoms with E-state index in [1.54, 1.807) is 6.92 Å². The van der Waals surface area contributed by atoms with Crippen LogP contribution in [0.15, 0.2) is 23.1 Å². The third-order valence-electron chi connectivity index (χ3n) is 4.07. The molecule has 1 heterocycles. The standard InChI is InChI=1S/C15H21F4N3O2S/c1-11(10-22-7-5-21(2)6-8-22)20-13-4-3-12(16)9-14(13)25(23,24)15(17,18)19/h3-4,9,11,20H,5-8,10H2,1-2H3. The minimum absolute atomic E-state index is 0.250. The molecule has 0 radical (unpaired) electrons. The number of halogens is 4. The maximum Gasteiger partial charge on any atom is 0.501 e. The molecule has 25 heavy (non-hydrogen) atoms. The molecule has 0 bridgehead atoms. The fourth-order valence-electron chi connectivity index (χ4n) is 2.69. The van der Waals surface area contributed by atoms with Crippen molar-refractivity contribution in [2.24, 2.45) is 0 Å². The van der Waals surface area contributed by atoms with E-state index in [9.17, 15) is 26.0 Å². The quantitative estimate of drug-likeness (QED) is 0.790.